The summed E-state index contributed by atoms with van der Waals surface area (Å²) in [6.45, 7) is 6.32. The van der Waals surface area contributed by atoms with Gasteiger partial charge in [0.1, 0.15) is 5.75 Å². The average molecular weight is 318 g/mol. The van der Waals surface area contributed by atoms with Gasteiger partial charge >= 0.3 is 0 Å². The minimum Gasteiger partial charge on any atom is -0.497 e. The number of nitrogens with one attached hydrogen (secondary N) is 2. The van der Waals surface area contributed by atoms with E-state index in [2.05, 4.69) is 45.6 Å². The first-order valence-corrected chi connectivity index (χ1v) is 8.60. The Hall–Kier alpha value is -1.91. The highest BCUT2D eigenvalue weighted by Gasteiger charge is 2.23. The van der Waals surface area contributed by atoms with E-state index in [1.54, 1.807) is 7.11 Å². The number of benzene rings is 1. The van der Waals surface area contributed by atoms with Gasteiger partial charge in [0, 0.05) is 45.0 Å². The molecule has 0 amide bonds. The van der Waals surface area contributed by atoms with Crippen LogP contribution in [0.2, 0.25) is 0 Å². The molecule has 1 saturated heterocycles. The lowest BCUT2D eigenvalue weighted by Crippen LogP contribution is -2.40. The largest absolute Gasteiger partial charge is 0.497 e. The molecule has 1 fully saturated rings. The van der Waals surface area contributed by atoms with Crippen LogP contribution in [-0.4, -0.2) is 46.3 Å². The number of nitrogens with zero attached hydrogens (tertiary/aromatic N) is 2. The highest BCUT2D eigenvalue weighted by atomic mass is 16.5. The average Bonchev–Trinajstić information content (AvgIpc) is 3.07. The van der Waals surface area contributed by atoms with Crippen molar-refractivity contribution in [2.24, 2.45) is 10.9 Å². The van der Waals surface area contributed by atoms with E-state index in [1.807, 2.05) is 13.1 Å². The fraction of sp³-hybridized carbons (Fsp3) is 0.611. The summed E-state index contributed by atoms with van der Waals surface area (Å²) in [6.07, 6.45) is 3.58. The maximum atomic E-state index is 5.32. The Morgan fingerprint density at radius 1 is 1.39 bits per heavy atom. The van der Waals surface area contributed by atoms with Crippen molar-refractivity contribution in [3.8, 4) is 5.75 Å². The van der Waals surface area contributed by atoms with E-state index >= 15 is 0 Å². The number of hydrogen-bond donors (Lipinski definition) is 2. The van der Waals surface area contributed by atoms with Crippen LogP contribution < -0.4 is 20.3 Å². The molecule has 0 bridgehead atoms. The number of unbranched alkanes of at least 4 members (excludes halogenated alkanes) is 1. The Labute approximate surface area is 140 Å². The molecule has 1 aromatic rings. The van der Waals surface area contributed by atoms with Crippen LogP contribution in [0.15, 0.2) is 29.3 Å². The number of aliphatic imine (C=N–C) groups is 1. The van der Waals surface area contributed by atoms with E-state index < -0.39 is 0 Å². The summed E-state index contributed by atoms with van der Waals surface area (Å²) in [5, 5.41) is 6.81. The monoisotopic (exact) mass is 318 g/mol. The molecule has 1 aliphatic heterocycles. The summed E-state index contributed by atoms with van der Waals surface area (Å²) in [5.41, 5.74) is 1.25. The maximum Gasteiger partial charge on any atom is 0.190 e. The molecule has 0 radical (unpaired) electrons. The van der Waals surface area contributed by atoms with Crippen LogP contribution in [-0.2, 0) is 0 Å². The molecular weight excluding hydrogens is 288 g/mol. The second-order valence-electron chi connectivity index (χ2n) is 6.04. The number of rotatable bonds is 7. The Bertz CT molecular complexity index is 504. The van der Waals surface area contributed by atoms with Crippen LogP contribution in [0.25, 0.3) is 0 Å². The summed E-state index contributed by atoms with van der Waals surface area (Å²) in [4.78, 5) is 6.72. The van der Waals surface area contributed by atoms with Gasteiger partial charge in [-0.15, -0.1) is 0 Å². The molecule has 1 unspecified atom stereocenters. The molecule has 5 heteroatoms. The minimum atomic E-state index is 0.644. The Balaban J connectivity index is 1.78. The SMILES string of the molecule is CCCCNC(=NC)NCC1CCN(c2cccc(OC)c2)C1. The molecule has 0 saturated carbocycles. The lowest BCUT2D eigenvalue weighted by atomic mass is 10.1. The number of anilines is 1. The number of ether oxygens (including phenoxy) is 1. The van der Waals surface area contributed by atoms with Gasteiger partial charge in [0.15, 0.2) is 5.96 Å². The van der Waals surface area contributed by atoms with Crippen molar-refractivity contribution in [3.63, 3.8) is 0 Å². The van der Waals surface area contributed by atoms with Gasteiger partial charge in [0.05, 0.1) is 7.11 Å². The second-order valence-corrected chi connectivity index (χ2v) is 6.04. The maximum absolute atomic E-state index is 5.32. The third-order valence-electron chi connectivity index (χ3n) is 4.31. The summed E-state index contributed by atoms with van der Waals surface area (Å²) < 4.78 is 5.32. The second kappa shape index (κ2) is 9.28. The van der Waals surface area contributed by atoms with E-state index in [4.69, 9.17) is 4.74 Å². The fourth-order valence-corrected chi connectivity index (χ4v) is 2.89. The first-order chi connectivity index (χ1) is 11.3. The summed E-state index contributed by atoms with van der Waals surface area (Å²) in [6, 6.07) is 8.31. The van der Waals surface area contributed by atoms with E-state index in [0.717, 1.165) is 37.9 Å². The van der Waals surface area contributed by atoms with E-state index in [-0.39, 0.29) is 0 Å². The zero-order valence-corrected chi connectivity index (χ0v) is 14.6. The predicted molar refractivity (Wildman–Crippen MR) is 97.6 cm³/mol. The minimum absolute atomic E-state index is 0.644. The molecule has 1 atom stereocenters. The first kappa shape index (κ1) is 17.4. The van der Waals surface area contributed by atoms with Gasteiger partial charge in [-0.3, -0.25) is 4.99 Å². The molecule has 1 aromatic carbocycles. The molecule has 1 aliphatic rings. The molecule has 5 nitrogen and oxygen atoms in total. The van der Waals surface area contributed by atoms with E-state index in [0.29, 0.717) is 5.92 Å². The van der Waals surface area contributed by atoms with Crippen molar-refractivity contribution in [3.05, 3.63) is 24.3 Å². The van der Waals surface area contributed by atoms with Crippen LogP contribution in [0.5, 0.6) is 5.75 Å². The van der Waals surface area contributed by atoms with Gasteiger partial charge in [-0.25, -0.2) is 0 Å². The fourth-order valence-electron chi connectivity index (χ4n) is 2.89. The molecule has 23 heavy (non-hydrogen) atoms. The van der Waals surface area contributed by atoms with Crippen LogP contribution in [0.4, 0.5) is 5.69 Å². The van der Waals surface area contributed by atoms with Crippen molar-refractivity contribution < 1.29 is 4.74 Å². The van der Waals surface area contributed by atoms with Gasteiger partial charge < -0.3 is 20.3 Å². The molecule has 1 heterocycles. The summed E-state index contributed by atoms with van der Waals surface area (Å²) in [5.74, 6) is 2.48. The van der Waals surface area contributed by atoms with Gasteiger partial charge in [0.25, 0.3) is 0 Å². The molecule has 2 N–H and O–H groups in total. The summed E-state index contributed by atoms with van der Waals surface area (Å²) in [7, 11) is 3.55. The smallest absolute Gasteiger partial charge is 0.190 e. The molecule has 0 aromatic heterocycles. The standard InChI is InChI=1S/C18H30N4O/c1-4-5-10-20-18(19-2)21-13-15-9-11-22(14-15)16-7-6-8-17(12-16)23-3/h6-8,12,15H,4-5,9-11,13-14H2,1-3H3,(H2,19,20,21). The van der Waals surface area contributed by atoms with Crippen molar-refractivity contribution in [2.45, 2.75) is 26.2 Å². The zero-order chi connectivity index (χ0) is 16.5. The number of guanidine groups is 1. The highest BCUT2D eigenvalue weighted by molar-refractivity contribution is 5.79. The van der Waals surface area contributed by atoms with Gasteiger partial charge in [-0.2, -0.15) is 0 Å². The van der Waals surface area contributed by atoms with Crippen molar-refractivity contribution in [1.82, 2.24) is 10.6 Å². The van der Waals surface area contributed by atoms with E-state index in [9.17, 15) is 0 Å². The molecule has 0 aliphatic carbocycles. The topological polar surface area (TPSA) is 48.9 Å². The van der Waals surface area contributed by atoms with Crippen LogP contribution in [0.1, 0.15) is 26.2 Å². The van der Waals surface area contributed by atoms with E-state index in [1.165, 1.54) is 24.9 Å². The quantitative estimate of drug-likeness (QED) is 0.461. The summed E-state index contributed by atoms with van der Waals surface area (Å²) >= 11 is 0. The Morgan fingerprint density at radius 3 is 3.00 bits per heavy atom. The Morgan fingerprint density at radius 2 is 2.26 bits per heavy atom. The predicted octanol–water partition coefficient (Wildman–Crippen LogP) is 2.49. The van der Waals surface area contributed by atoms with Crippen LogP contribution in [0.3, 0.4) is 0 Å². The Kier molecular flexibility index (Phi) is 7.04. The lowest BCUT2D eigenvalue weighted by molar-refractivity contribution is 0.415. The normalized spacial score (nSPS) is 18.1. The molecule has 2 rings (SSSR count). The van der Waals surface area contributed by atoms with Gasteiger partial charge in [-0.1, -0.05) is 19.4 Å². The lowest BCUT2D eigenvalue weighted by Gasteiger charge is -2.20. The van der Waals surface area contributed by atoms with Gasteiger partial charge in [0.2, 0.25) is 0 Å². The van der Waals surface area contributed by atoms with Crippen molar-refractivity contribution >= 4 is 11.6 Å². The van der Waals surface area contributed by atoms with Crippen LogP contribution in [0, 0.1) is 5.92 Å². The van der Waals surface area contributed by atoms with Crippen molar-refractivity contribution in [2.75, 3.05) is 45.2 Å². The molecule has 128 valence electrons. The third-order valence-corrected chi connectivity index (χ3v) is 4.31. The number of hydrogen-bond acceptors (Lipinski definition) is 3. The zero-order valence-electron chi connectivity index (χ0n) is 14.6. The van der Waals surface area contributed by atoms with Gasteiger partial charge in [-0.05, 0) is 30.9 Å². The highest BCUT2D eigenvalue weighted by Crippen LogP contribution is 2.26. The van der Waals surface area contributed by atoms with Crippen molar-refractivity contribution in [1.29, 1.82) is 0 Å². The first-order valence-electron chi connectivity index (χ1n) is 8.60. The number of methoxy groups -OCH3 is 1. The third kappa shape index (κ3) is 5.34. The molecular formula is C18H30N4O. The molecule has 0 spiro atoms. The van der Waals surface area contributed by atoms with Crippen LogP contribution >= 0.6 is 0 Å².